The van der Waals surface area contributed by atoms with Gasteiger partial charge in [0, 0.05) is 6.54 Å². The third-order valence-corrected chi connectivity index (χ3v) is 3.38. The molecular formula is C18H21NO3. The zero-order valence-corrected chi connectivity index (χ0v) is 12.5. The Labute approximate surface area is 130 Å². The molecular weight excluding hydrogens is 278 g/mol. The van der Waals surface area contributed by atoms with Gasteiger partial charge < -0.3 is 15.2 Å². The summed E-state index contributed by atoms with van der Waals surface area (Å²) in [6, 6.07) is 17.5. The number of rotatable bonds is 8. The van der Waals surface area contributed by atoms with E-state index < -0.39 is 0 Å². The predicted octanol–water partition coefficient (Wildman–Crippen LogP) is 2.05. The van der Waals surface area contributed by atoms with Gasteiger partial charge in [0.15, 0.2) is 0 Å². The van der Waals surface area contributed by atoms with Crippen LogP contribution in [0.5, 0.6) is 0 Å². The molecule has 0 aromatic heterocycles. The van der Waals surface area contributed by atoms with Crippen LogP contribution in [-0.4, -0.2) is 24.2 Å². The van der Waals surface area contributed by atoms with Crippen molar-refractivity contribution in [3.8, 4) is 0 Å². The van der Waals surface area contributed by atoms with Crippen LogP contribution in [0.4, 0.5) is 0 Å². The topological polar surface area (TPSA) is 58.6 Å². The highest BCUT2D eigenvalue weighted by Crippen LogP contribution is 2.08. The lowest BCUT2D eigenvalue weighted by Gasteiger charge is -2.09. The molecule has 2 rings (SSSR count). The first-order chi connectivity index (χ1) is 10.8. The van der Waals surface area contributed by atoms with E-state index in [4.69, 9.17) is 4.74 Å². The van der Waals surface area contributed by atoms with Gasteiger partial charge in [-0.3, -0.25) is 4.79 Å². The van der Waals surface area contributed by atoms with Gasteiger partial charge in [0.1, 0.15) is 6.61 Å². The van der Waals surface area contributed by atoms with Crippen LogP contribution in [0, 0.1) is 0 Å². The number of hydrogen-bond acceptors (Lipinski definition) is 3. The van der Waals surface area contributed by atoms with E-state index in [2.05, 4.69) is 5.32 Å². The number of carbonyl (C=O) groups excluding carboxylic acids is 1. The summed E-state index contributed by atoms with van der Waals surface area (Å²) >= 11 is 0. The summed E-state index contributed by atoms with van der Waals surface area (Å²) in [5.74, 6) is -0.152. The second-order valence-electron chi connectivity index (χ2n) is 4.99. The van der Waals surface area contributed by atoms with Crippen molar-refractivity contribution < 1.29 is 14.6 Å². The van der Waals surface area contributed by atoms with Crippen LogP contribution in [0.25, 0.3) is 0 Å². The van der Waals surface area contributed by atoms with Crippen LogP contribution >= 0.6 is 0 Å². The summed E-state index contributed by atoms with van der Waals surface area (Å²) in [5, 5.41) is 12.0. The fourth-order valence-corrected chi connectivity index (χ4v) is 2.13. The van der Waals surface area contributed by atoms with Crippen molar-refractivity contribution in [1.82, 2.24) is 5.32 Å². The van der Waals surface area contributed by atoms with Gasteiger partial charge in [-0.2, -0.15) is 0 Å². The Balaban J connectivity index is 1.66. The van der Waals surface area contributed by atoms with E-state index in [0.717, 1.165) is 17.5 Å². The fourth-order valence-electron chi connectivity index (χ4n) is 2.13. The maximum Gasteiger partial charge on any atom is 0.246 e. The molecule has 4 nitrogen and oxygen atoms in total. The molecule has 0 aliphatic rings. The first-order valence-corrected chi connectivity index (χ1v) is 7.35. The summed E-state index contributed by atoms with van der Waals surface area (Å²) in [4.78, 5) is 11.7. The van der Waals surface area contributed by atoms with Crippen LogP contribution in [0.15, 0.2) is 54.6 Å². The molecule has 2 N–H and O–H groups in total. The van der Waals surface area contributed by atoms with Crippen molar-refractivity contribution in [2.45, 2.75) is 19.6 Å². The number of nitrogens with one attached hydrogen (secondary N) is 1. The van der Waals surface area contributed by atoms with Crippen molar-refractivity contribution in [3.05, 3.63) is 71.3 Å². The van der Waals surface area contributed by atoms with Crippen molar-refractivity contribution >= 4 is 5.91 Å². The standard InChI is InChI=1S/C18H21NO3/c20-13-17-9-5-4-8-16(17)12-19-18(21)14-22-11-10-15-6-2-1-3-7-15/h1-9,20H,10-14H2,(H,19,21). The number of benzene rings is 2. The van der Waals surface area contributed by atoms with Gasteiger partial charge in [-0.15, -0.1) is 0 Å². The molecule has 0 spiro atoms. The van der Waals surface area contributed by atoms with E-state index in [-0.39, 0.29) is 19.1 Å². The highest BCUT2D eigenvalue weighted by atomic mass is 16.5. The van der Waals surface area contributed by atoms with Gasteiger partial charge in [-0.05, 0) is 23.1 Å². The zero-order valence-electron chi connectivity index (χ0n) is 12.5. The Morgan fingerprint density at radius 1 is 1.00 bits per heavy atom. The third-order valence-electron chi connectivity index (χ3n) is 3.38. The van der Waals surface area contributed by atoms with E-state index in [0.29, 0.717) is 13.2 Å². The summed E-state index contributed by atoms with van der Waals surface area (Å²) < 4.78 is 5.38. The van der Waals surface area contributed by atoms with Gasteiger partial charge >= 0.3 is 0 Å². The molecule has 1 amide bonds. The zero-order chi connectivity index (χ0) is 15.6. The lowest BCUT2D eigenvalue weighted by atomic mass is 10.1. The lowest BCUT2D eigenvalue weighted by molar-refractivity contribution is -0.125. The molecule has 0 aliphatic heterocycles. The monoisotopic (exact) mass is 299 g/mol. The molecule has 0 atom stereocenters. The number of ether oxygens (including phenoxy) is 1. The highest BCUT2D eigenvalue weighted by Gasteiger charge is 2.04. The van der Waals surface area contributed by atoms with Crippen LogP contribution in [0.2, 0.25) is 0 Å². The number of aliphatic hydroxyl groups excluding tert-OH is 1. The summed E-state index contributed by atoms with van der Waals surface area (Å²) in [5.41, 5.74) is 2.94. The molecule has 116 valence electrons. The predicted molar refractivity (Wildman–Crippen MR) is 85.2 cm³/mol. The minimum absolute atomic E-state index is 0.0282. The Bertz CT molecular complexity index is 584. The maximum atomic E-state index is 11.7. The number of carbonyl (C=O) groups is 1. The average molecular weight is 299 g/mol. The molecule has 0 unspecified atom stereocenters. The molecule has 0 saturated heterocycles. The normalized spacial score (nSPS) is 10.4. The molecule has 0 radical (unpaired) electrons. The minimum atomic E-state index is -0.152. The highest BCUT2D eigenvalue weighted by molar-refractivity contribution is 5.77. The summed E-state index contributed by atoms with van der Waals surface area (Å²) in [6.45, 7) is 0.940. The Hall–Kier alpha value is -2.17. The van der Waals surface area contributed by atoms with E-state index in [1.165, 1.54) is 5.56 Å². The molecule has 4 heteroatoms. The molecule has 2 aromatic carbocycles. The molecule has 2 aromatic rings. The Morgan fingerprint density at radius 3 is 2.41 bits per heavy atom. The van der Waals surface area contributed by atoms with Gasteiger partial charge in [-0.1, -0.05) is 54.6 Å². The van der Waals surface area contributed by atoms with Crippen molar-refractivity contribution in [2.24, 2.45) is 0 Å². The first kappa shape index (κ1) is 16.2. The Kier molecular flexibility index (Phi) is 6.61. The number of aliphatic hydroxyl groups is 1. The molecule has 22 heavy (non-hydrogen) atoms. The largest absolute Gasteiger partial charge is 0.392 e. The van der Waals surface area contributed by atoms with Crippen molar-refractivity contribution in [1.29, 1.82) is 0 Å². The second-order valence-corrected chi connectivity index (χ2v) is 4.99. The quantitative estimate of drug-likeness (QED) is 0.734. The molecule has 0 aliphatic carbocycles. The van der Waals surface area contributed by atoms with Gasteiger partial charge in [0.25, 0.3) is 0 Å². The fraction of sp³-hybridized carbons (Fsp3) is 0.278. The van der Waals surface area contributed by atoms with E-state index >= 15 is 0 Å². The lowest BCUT2D eigenvalue weighted by Crippen LogP contribution is -2.27. The smallest absolute Gasteiger partial charge is 0.246 e. The molecule has 0 fully saturated rings. The minimum Gasteiger partial charge on any atom is -0.392 e. The number of amides is 1. The van der Waals surface area contributed by atoms with Crippen molar-refractivity contribution in [3.63, 3.8) is 0 Å². The first-order valence-electron chi connectivity index (χ1n) is 7.35. The average Bonchev–Trinajstić information content (AvgIpc) is 2.58. The molecule has 0 bridgehead atoms. The van der Waals surface area contributed by atoms with Gasteiger partial charge in [0.2, 0.25) is 5.91 Å². The van der Waals surface area contributed by atoms with Crippen LogP contribution in [-0.2, 0) is 29.1 Å². The van der Waals surface area contributed by atoms with Gasteiger partial charge in [-0.25, -0.2) is 0 Å². The van der Waals surface area contributed by atoms with E-state index in [9.17, 15) is 9.90 Å². The third kappa shape index (κ3) is 5.31. The SMILES string of the molecule is O=C(COCCc1ccccc1)NCc1ccccc1CO. The van der Waals surface area contributed by atoms with Crippen LogP contribution < -0.4 is 5.32 Å². The second kappa shape index (κ2) is 8.97. The van der Waals surface area contributed by atoms with Crippen LogP contribution in [0.1, 0.15) is 16.7 Å². The molecule has 0 heterocycles. The Morgan fingerprint density at radius 2 is 1.68 bits per heavy atom. The van der Waals surface area contributed by atoms with Crippen molar-refractivity contribution in [2.75, 3.05) is 13.2 Å². The van der Waals surface area contributed by atoms with Crippen LogP contribution in [0.3, 0.4) is 0 Å². The summed E-state index contributed by atoms with van der Waals surface area (Å²) in [7, 11) is 0. The maximum absolute atomic E-state index is 11.7. The van der Waals surface area contributed by atoms with E-state index in [1.54, 1.807) is 0 Å². The van der Waals surface area contributed by atoms with Gasteiger partial charge in [0.05, 0.1) is 13.2 Å². The van der Waals surface area contributed by atoms with E-state index in [1.807, 2.05) is 54.6 Å². The summed E-state index contributed by atoms with van der Waals surface area (Å²) in [6.07, 6.45) is 0.793. The number of hydrogen-bond donors (Lipinski definition) is 2. The molecule has 0 saturated carbocycles.